The number of likely N-dealkylation sites (N-methyl/N-ethyl adjacent to an activating group) is 1. The first-order valence-electron chi connectivity index (χ1n) is 7.28. The molecule has 19 heavy (non-hydrogen) atoms. The van der Waals surface area contributed by atoms with Crippen molar-refractivity contribution in [2.24, 2.45) is 11.8 Å². The maximum atomic E-state index is 4.77. The van der Waals surface area contributed by atoms with Crippen molar-refractivity contribution in [3.05, 3.63) is 29.3 Å². The Morgan fingerprint density at radius 1 is 1.37 bits per heavy atom. The SMILES string of the molecule is CNC(Cc1nc2ccccc2s1)C1CCC(C)C1. The maximum Gasteiger partial charge on any atom is 0.0954 e. The van der Waals surface area contributed by atoms with Gasteiger partial charge in [0.1, 0.15) is 0 Å². The molecular formula is C16H22N2S. The van der Waals surface area contributed by atoms with E-state index in [0.717, 1.165) is 23.8 Å². The van der Waals surface area contributed by atoms with Gasteiger partial charge in [-0.15, -0.1) is 11.3 Å². The second-order valence-electron chi connectivity index (χ2n) is 5.85. The van der Waals surface area contributed by atoms with Crippen LogP contribution in [0.15, 0.2) is 24.3 Å². The summed E-state index contributed by atoms with van der Waals surface area (Å²) >= 11 is 1.85. The van der Waals surface area contributed by atoms with Crippen LogP contribution in [-0.4, -0.2) is 18.1 Å². The molecule has 3 heteroatoms. The van der Waals surface area contributed by atoms with Gasteiger partial charge in [-0.3, -0.25) is 0 Å². The van der Waals surface area contributed by atoms with Crippen molar-refractivity contribution < 1.29 is 0 Å². The molecule has 102 valence electrons. The number of rotatable bonds is 4. The number of thiazole rings is 1. The molecule has 0 radical (unpaired) electrons. The van der Waals surface area contributed by atoms with Crippen molar-refractivity contribution in [1.82, 2.24) is 10.3 Å². The second-order valence-corrected chi connectivity index (χ2v) is 6.97. The van der Waals surface area contributed by atoms with Crippen molar-refractivity contribution in [2.45, 2.75) is 38.6 Å². The Kier molecular flexibility index (Phi) is 3.85. The Bertz CT molecular complexity index is 515. The monoisotopic (exact) mass is 274 g/mol. The van der Waals surface area contributed by atoms with E-state index in [0.29, 0.717) is 6.04 Å². The van der Waals surface area contributed by atoms with Crippen LogP contribution in [0.3, 0.4) is 0 Å². The zero-order valence-corrected chi connectivity index (χ0v) is 12.5. The van der Waals surface area contributed by atoms with E-state index in [-0.39, 0.29) is 0 Å². The van der Waals surface area contributed by atoms with Gasteiger partial charge in [-0.25, -0.2) is 4.98 Å². The van der Waals surface area contributed by atoms with Crippen LogP contribution in [0.4, 0.5) is 0 Å². The number of hydrogen-bond donors (Lipinski definition) is 1. The Morgan fingerprint density at radius 2 is 2.21 bits per heavy atom. The highest BCUT2D eigenvalue weighted by atomic mass is 32.1. The van der Waals surface area contributed by atoms with Crippen LogP contribution < -0.4 is 5.32 Å². The van der Waals surface area contributed by atoms with Crippen molar-refractivity contribution >= 4 is 21.6 Å². The standard InChI is InChI=1S/C16H22N2S/c1-11-7-8-12(9-11)14(17-2)10-16-18-13-5-3-4-6-15(13)19-16/h3-6,11-12,14,17H,7-10H2,1-2H3. The highest BCUT2D eigenvalue weighted by molar-refractivity contribution is 7.18. The number of nitrogens with one attached hydrogen (secondary N) is 1. The zero-order valence-electron chi connectivity index (χ0n) is 11.7. The summed E-state index contributed by atoms with van der Waals surface area (Å²) in [5, 5.41) is 4.80. The predicted molar refractivity (Wildman–Crippen MR) is 82.7 cm³/mol. The molecule has 1 fully saturated rings. The molecule has 1 aromatic carbocycles. The van der Waals surface area contributed by atoms with Crippen LogP contribution in [0.25, 0.3) is 10.2 Å². The van der Waals surface area contributed by atoms with Gasteiger partial charge in [0.25, 0.3) is 0 Å². The minimum Gasteiger partial charge on any atom is -0.316 e. The van der Waals surface area contributed by atoms with Crippen LogP contribution >= 0.6 is 11.3 Å². The van der Waals surface area contributed by atoms with Crippen LogP contribution in [0.2, 0.25) is 0 Å². The van der Waals surface area contributed by atoms with Crippen molar-refractivity contribution in [3.63, 3.8) is 0 Å². The number of fused-ring (bicyclic) bond motifs is 1. The van der Waals surface area contributed by atoms with E-state index in [4.69, 9.17) is 4.98 Å². The van der Waals surface area contributed by atoms with Gasteiger partial charge in [0.2, 0.25) is 0 Å². The summed E-state index contributed by atoms with van der Waals surface area (Å²) in [6.45, 7) is 2.38. The summed E-state index contributed by atoms with van der Waals surface area (Å²) in [5.41, 5.74) is 1.15. The van der Waals surface area contributed by atoms with Gasteiger partial charge in [0, 0.05) is 12.5 Å². The van der Waals surface area contributed by atoms with Crippen molar-refractivity contribution in [1.29, 1.82) is 0 Å². The summed E-state index contributed by atoms with van der Waals surface area (Å²) in [4.78, 5) is 4.77. The lowest BCUT2D eigenvalue weighted by Gasteiger charge is -2.22. The van der Waals surface area contributed by atoms with Crippen molar-refractivity contribution in [3.8, 4) is 0 Å². The average Bonchev–Trinajstić information content (AvgIpc) is 3.01. The molecule has 2 nitrogen and oxygen atoms in total. The van der Waals surface area contributed by atoms with E-state index in [2.05, 4.69) is 43.6 Å². The van der Waals surface area contributed by atoms with Crippen LogP contribution in [0.5, 0.6) is 0 Å². The number of benzene rings is 1. The lowest BCUT2D eigenvalue weighted by atomic mass is 9.95. The van der Waals surface area contributed by atoms with Crippen molar-refractivity contribution in [2.75, 3.05) is 7.05 Å². The molecular weight excluding hydrogens is 252 g/mol. The first-order chi connectivity index (χ1) is 9.26. The van der Waals surface area contributed by atoms with Gasteiger partial charge in [0.15, 0.2) is 0 Å². The van der Waals surface area contributed by atoms with Gasteiger partial charge in [-0.2, -0.15) is 0 Å². The third-order valence-corrected chi connectivity index (χ3v) is 5.47. The summed E-state index contributed by atoms with van der Waals surface area (Å²) in [6, 6.07) is 9.04. The molecule has 1 N–H and O–H groups in total. The molecule has 1 saturated carbocycles. The summed E-state index contributed by atoms with van der Waals surface area (Å²) in [7, 11) is 2.10. The molecule has 2 aromatic rings. The fourth-order valence-electron chi connectivity index (χ4n) is 3.32. The van der Waals surface area contributed by atoms with E-state index in [1.807, 2.05) is 11.3 Å². The summed E-state index contributed by atoms with van der Waals surface area (Å²) < 4.78 is 1.31. The Balaban J connectivity index is 1.75. The molecule has 1 aliphatic carbocycles. The first-order valence-corrected chi connectivity index (χ1v) is 8.09. The number of aromatic nitrogens is 1. The maximum absolute atomic E-state index is 4.77. The van der Waals surface area contributed by atoms with Crippen LogP contribution in [0, 0.1) is 11.8 Å². The molecule has 1 aromatic heterocycles. The third-order valence-electron chi connectivity index (χ3n) is 4.41. The highest BCUT2D eigenvalue weighted by Gasteiger charge is 2.28. The minimum absolute atomic E-state index is 0.588. The molecule has 3 unspecified atom stereocenters. The molecule has 0 saturated heterocycles. The van der Waals surface area contributed by atoms with Crippen LogP contribution in [-0.2, 0) is 6.42 Å². The van der Waals surface area contributed by atoms with Gasteiger partial charge < -0.3 is 5.32 Å². The fraction of sp³-hybridized carbons (Fsp3) is 0.562. The van der Waals surface area contributed by atoms with E-state index >= 15 is 0 Å². The molecule has 0 amide bonds. The van der Waals surface area contributed by atoms with E-state index < -0.39 is 0 Å². The minimum atomic E-state index is 0.588. The zero-order chi connectivity index (χ0) is 13.2. The number of hydrogen-bond acceptors (Lipinski definition) is 3. The van der Waals surface area contributed by atoms with E-state index in [1.165, 1.54) is 29.0 Å². The molecule has 1 aliphatic rings. The lowest BCUT2D eigenvalue weighted by Crippen LogP contribution is -2.34. The van der Waals surface area contributed by atoms with Gasteiger partial charge in [-0.05, 0) is 43.9 Å². The van der Waals surface area contributed by atoms with Crippen LogP contribution in [0.1, 0.15) is 31.2 Å². The third kappa shape index (κ3) is 2.82. The van der Waals surface area contributed by atoms with E-state index in [1.54, 1.807) is 0 Å². The molecule has 1 heterocycles. The fourth-order valence-corrected chi connectivity index (χ4v) is 4.34. The average molecular weight is 274 g/mol. The highest BCUT2D eigenvalue weighted by Crippen LogP contribution is 2.34. The molecule has 3 atom stereocenters. The van der Waals surface area contributed by atoms with Gasteiger partial charge in [-0.1, -0.05) is 25.5 Å². The lowest BCUT2D eigenvalue weighted by molar-refractivity contribution is 0.367. The van der Waals surface area contributed by atoms with Gasteiger partial charge >= 0.3 is 0 Å². The smallest absolute Gasteiger partial charge is 0.0954 e. The summed E-state index contributed by atoms with van der Waals surface area (Å²) in [5.74, 6) is 1.73. The van der Waals surface area contributed by atoms with E-state index in [9.17, 15) is 0 Å². The quantitative estimate of drug-likeness (QED) is 0.915. The summed E-state index contributed by atoms with van der Waals surface area (Å²) in [6.07, 6.45) is 5.21. The number of nitrogens with zero attached hydrogens (tertiary/aromatic N) is 1. The topological polar surface area (TPSA) is 24.9 Å². The van der Waals surface area contributed by atoms with Gasteiger partial charge in [0.05, 0.1) is 15.2 Å². The predicted octanol–water partition coefficient (Wildman–Crippen LogP) is 3.86. The normalized spacial score (nSPS) is 24.9. The Labute approximate surface area is 119 Å². The molecule has 0 spiro atoms. The second kappa shape index (κ2) is 5.59. The Hall–Kier alpha value is -0.930. The number of para-hydroxylation sites is 1. The molecule has 0 aliphatic heterocycles. The molecule has 0 bridgehead atoms. The molecule has 3 rings (SSSR count). The Morgan fingerprint density at radius 3 is 2.89 bits per heavy atom. The largest absolute Gasteiger partial charge is 0.316 e. The first kappa shape index (κ1) is 13.1.